The van der Waals surface area contributed by atoms with Crippen LogP contribution in [0.5, 0.6) is 11.5 Å². The van der Waals surface area contributed by atoms with E-state index in [1.54, 1.807) is 6.07 Å². The summed E-state index contributed by atoms with van der Waals surface area (Å²) in [7, 11) is 0. The van der Waals surface area contributed by atoms with E-state index in [1.165, 1.54) is 12.8 Å². The monoisotopic (exact) mass is 235 g/mol. The summed E-state index contributed by atoms with van der Waals surface area (Å²) in [5.74, 6) is 1.65. The number of hydrogen-bond acceptors (Lipinski definition) is 3. The largest absolute Gasteiger partial charge is 0.504 e. The average Bonchev–Trinajstić information content (AvgIpc) is 3.09. The van der Waals surface area contributed by atoms with Crippen molar-refractivity contribution in [1.82, 2.24) is 5.32 Å². The smallest absolute Gasteiger partial charge is 0.161 e. The first-order valence-electron chi connectivity index (χ1n) is 6.42. The Hall–Kier alpha value is -1.22. The van der Waals surface area contributed by atoms with Gasteiger partial charge in [-0.05, 0) is 37.0 Å². The number of phenols is 1. The van der Waals surface area contributed by atoms with Crippen molar-refractivity contribution in [3.05, 3.63) is 23.8 Å². The fourth-order valence-corrected chi connectivity index (χ4v) is 2.14. The van der Waals surface area contributed by atoms with Gasteiger partial charge in [0.25, 0.3) is 0 Å². The molecule has 94 valence electrons. The second-order valence-electron chi connectivity index (χ2n) is 4.63. The van der Waals surface area contributed by atoms with Crippen LogP contribution in [-0.4, -0.2) is 17.8 Å². The van der Waals surface area contributed by atoms with E-state index in [-0.39, 0.29) is 5.75 Å². The SMILES string of the molecule is CCOc1cc(CNC2CC2CC)ccc1O. The van der Waals surface area contributed by atoms with E-state index >= 15 is 0 Å². The fraction of sp³-hybridized carbons (Fsp3) is 0.571. The lowest BCUT2D eigenvalue weighted by Gasteiger charge is -2.09. The van der Waals surface area contributed by atoms with Gasteiger partial charge in [-0.2, -0.15) is 0 Å². The Balaban J connectivity index is 1.90. The molecular formula is C14H21NO2. The zero-order valence-corrected chi connectivity index (χ0v) is 10.6. The maximum Gasteiger partial charge on any atom is 0.161 e. The lowest BCUT2D eigenvalue weighted by molar-refractivity contribution is 0.317. The van der Waals surface area contributed by atoms with Gasteiger partial charge in [-0.15, -0.1) is 0 Å². The van der Waals surface area contributed by atoms with Gasteiger partial charge in [0.1, 0.15) is 0 Å². The minimum Gasteiger partial charge on any atom is -0.504 e. The van der Waals surface area contributed by atoms with Crippen LogP contribution in [0.15, 0.2) is 18.2 Å². The highest BCUT2D eigenvalue weighted by Crippen LogP contribution is 2.33. The van der Waals surface area contributed by atoms with Crippen molar-refractivity contribution >= 4 is 0 Å². The molecule has 2 unspecified atom stereocenters. The van der Waals surface area contributed by atoms with Crippen molar-refractivity contribution in [2.24, 2.45) is 5.92 Å². The third kappa shape index (κ3) is 3.13. The quantitative estimate of drug-likeness (QED) is 0.796. The maximum absolute atomic E-state index is 9.59. The number of benzene rings is 1. The minimum absolute atomic E-state index is 0.216. The molecule has 1 fully saturated rings. The second-order valence-corrected chi connectivity index (χ2v) is 4.63. The topological polar surface area (TPSA) is 41.5 Å². The van der Waals surface area contributed by atoms with Crippen molar-refractivity contribution in [1.29, 1.82) is 0 Å². The molecule has 1 aliphatic carbocycles. The number of nitrogens with one attached hydrogen (secondary N) is 1. The normalized spacial score (nSPS) is 22.5. The van der Waals surface area contributed by atoms with Gasteiger partial charge in [0.2, 0.25) is 0 Å². The van der Waals surface area contributed by atoms with Crippen LogP contribution in [0, 0.1) is 5.92 Å². The first-order chi connectivity index (χ1) is 8.24. The van der Waals surface area contributed by atoms with E-state index in [9.17, 15) is 5.11 Å². The van der Waals surface area contributed by atoms with E-state index in [2.05, 4.69) is 12.2 Å². The third-order valence-electron chi connectivity index (χ3n) is 3.34. The third-order valence-corrected chi connectivity index (χ3v) is 3.34. The van der Waals surface area contributed by atoms with E-state index in [0.717, 1.165) is 18.0 Å². The predicted molar refractivity (Wildman–Crippen MR) is 68.3 cm³/mol. The van der Waals surface area contributed by atoms with Gasteiger partial charge >= 0.3 is 0 Å². The van der Waals surface area contributed by atoms with Gasteiger partial charge in [0.15, 0.2) is 11.5 Å². The van der Waals surface area contributed by atoms with Crippen LogP contribution in [0.3, 0.4) is 0 Å². The van der Waals surface area contributed by atoms with E-state index in [0.29, 0.717) is 18.4 Å². The number of ether oxygens (including phenoxy) is 1. The van der Waals surface area contributed by atoms with Gasteiger partial charge in [-0.25, -0.2) is 0 Å². The number of aromatic hydroxyl groups is 1. The lowest BCUT2D eigenvalue weighted by Crippen LogP contribution is -2.17. The van der Waals surface area contributed by atoms with Crippen LogP contribution in [0.4, 0.5) is 0 Å². The Bertz CT molecular complexity index is 378. The van der Waals surface area contributed by atoms with Crippen LogP contribution in [0.25, 0.3) is 0 Å². The molecule has 2 atom stereocenters. The molecule has 0 saturated heterocycles. The molecule has 0 radical (unpaired) electrons. The van der Waals surface area contributed by atoms with Crippen molar-refractivity contribution in [3.8, 4) is 11.5 Å². The van der Waals surface area contributed by atoms with Crippen molar-refractivity contribution in [2.45, 2.75) is 39.3 Å². The van der Waals surface area contributed by atoms with Crippen molar-refractivity contribution in [3.63, 3.8) is 0 Å². The van der Waals surface area contributed by atoms with Crippen molar-refractivity contribution < 1.29 is 9.84 Å². The summed E-state index contributed by atoms with van der Waals surface area (Å²) >= 11 is 0. The Morgan fingerprint density at radius 2 is 2.24 bits per heavy atom. The molecule has 3 heteroatoms. The molecule has 0 spiro atoms. The lowest BCUT2D eigenvalue weighted by atomic mass is 10.2. The summed E-state index contributed by atoms with van der Waals surface area (Å²) < 4.78 is 5.36. The molecule has 1 aromatic carbocycles. The molecule has 0 amide bonds. The molecule has 0 bridgehead atoms. The second kappa shape index (κ2) is 5.41. The highest BCUT2D eigenvalue weighted by molar-refractivity contribution is 5.41. The zero-order chi connectivity index (χ0) is 12.3. The molecule has 3 nitrogen and oxygen atoms in total. The first-order valence-corrected chi connectivity index (χ1v) is 6.42. The van der Waals surface area contributed by atoms with E-state index in [1.807, 2.05) is 19.1 Å². The molecule has 1 aliphatic rings. The molecule has 0 aliphatic heterocycles. The molecule has 1 saturated carbocycles. The summed E-state index contributed by atoms with van der Waals surface area (Å²) in [6.45, 7) is 5.58. The molecule has 1 aromatic rings. The predicted octanol–water partition coefficient (Wildman–Crippen LogP) is 2.68. The van der Waals surface area contributed by atoms with Crippen LogP contribution in [-0.2, 0) is 6.54 Å². The number of phenolic OH excluding ortho intramolecular Hbond substituents is 1. The first kappa shape index (κ1) is 12.2. The molecule has 0 aromatic heterocycles. The van der Waals surface area contributed by atoms with E-state index in [4.69, 9.17) is 4.74 Å². The van der Waals surface area contributed by atoms with Crippen LogP contribution >= 0.6 is 0 Å². The average molecular weight is 235 g/mol. The fourth-order valence-electron chi connectivity index (χ4n) is 2.14. The summed E-state index contributed by atoms with van der Waals surface area (Å²) in [6.07, 6.45) is 2.56. The zero-order valence-electron chi connectivity index (χ0n) is 10.6. The Morgan fingerprint density at radius 1 is 1.41 bits per heavy atom. The summed E-state index contributed by atoms with van der Waals surface area (Å²) in [4.78, 5) is 0. The van der Waals surface area contributed by atoms with Gasteiger partial charge in [-0.1, -0.05) is 19.4 Å². The van der Waals surface area contributed by atoms with Crippen LogP contribution in [0.1, 0.15) is 32.3 Å². The van der Waals surface area contributed by atoms with Crippen LogP contribution < -0.4 is 10.1 Å². The van der Waals surface area contributed by atoms with Crippen LogP contribution in [0.2, 0.25) is 0 Å². The summed E-state index contributed by atoms with van der Waals surface area (Å²) in [5, 5.41) is 13.1. The van der Waals surface area contributed by atoms with Crippen molar-refractivity contribution in [2.75, 3.05) is 6.61 Å². The Kier molecular flexibility index (Phi) is 3.89. The molecular weight excluding hydrogens is 214 g/mol. The van der Waals surface area contributed by atoms with Gasteiger partial charge in [-0.3, -0.25) is 0 Å². The van der Waals surface area contributed by atoms with Gasteiger partial charge < -0.3 is 15.2 Å². The number of rotatable bonds is 6. The summed E-state index contributed by atoms with van der Waals surface area (Å²) in [6, 6.07) is 6.24. The Morgan fingerprint density at radius 3 is 2.88 bits per heavy atom. The minimum atomic E-state index is 0.216. The molecule has 17 heavy (non-hydrogen) atoms. The van der Waals surface area contributed by atoms with Gasteiger partial charge in [0.05, 0.1) is 6.61 Å². The Labute approximate surface area is 103 Å². The van der Waals surface area contributed by atoms with Gasteiger partial charge in [0, 0.05) is 12.6 Å². The summed E-state index contributed by atoms with van der Waals surface area (Å²) in [5.41, 5.74) is 1.16. The molecule has 2 N–H and O–H groups in total. The number of hydrogen-bond donors (Lipinski definition) is 2. The highest BCUT2D eigenvalue weighted by atomic mass is 16.5. The molecule has 2 rings (SSSR count). The molecule has 0 heterocycles. The van der Waals surface area contributed by atoms with E-state index < -0.39 is 0 Å². The standard InChI is InChI=1S/C14H21NO2/c1-3-11-8-12(11)15-9-10-5-6-13(16)14(7-10)17-4-2/h5-7,11-12,15-16H,3-4,8-9H2,1-2H3. The maximum atomic E-state index is 9.59. The highest BCUT2D eigenvalue weighted by Gasteiger charge is 2.34.